The van der Waals surface area contributed by atoms with E-state index in [0.717, 1.165) is 47.9 Å². The predicted molar refractivity (Wildman–Crippen MR) is 110 cm³/mol. The van der Waals surface area contributed by atoms with Crippen molar-refractivity contribution in [2.24, 2.45) is 0 Å². The number of amides is 1. The average Bonchev–Trinajstić information content (AvgIpc) is 3.18. The summed E-state index contributed by atoms with van der Waals surface area (Å²) in [5.74, 6) is -0.00696. The molecule has 0 bridgehead atoms. The van der Waals surface area contributed by atoms with Crippen LogP contribution >= 0.6 is 11.3 Å². The van der Waals surface area contributed by atoms with Crippen molar-refractivity contribution in [2.75, 3.05) is 6.54 Å². The first-order valence-corrected chi connectivity index (χ1v) is 10.1. The highest BCUT2D eigenvalue weighted by Gasteiger charge is 2.06. The minimum absolute atomic E-state index is 0.00696. The van der Waals surface area contributed by atoms with Crippen LogP contribution in [0.4, 0.5) is 0 Å². The van der Waals surface area contributed by atoms with E-state index >= 15 is 0 Å². The molecule has 0 aliphatic rings. The number of nitrogens with zero attached hydrogens (tertiary/aromatic N) is 2. The molecule has 0 aliphatic heterocycles. The molecule has 27 heavy (non-hydrogen) atoms. The van der Waals surface area contributed by atoms with Gasteiger partial charge in [0.15, 0.2) is 0 Å². The van der Waals surface area contributed by atoms with Crippen molar-refractivity contribution in [2.45, 2.75) is 32.9 Å². The highest BCUT2D eigenvalue weighted by atomic mass is 32.1. The van der Waals surface area contributed by atoms with Gasteiger partial charge in [0.2, 0.25) is 0 Å². The van der Waals surface area contributed by atoms with Gasteiger partial charge in [0.25, 0.3) is 5.91 Å². The SMILES string of the molecule is CCCCNC(=O)c1ccc(CNCc2csc(-c3ccccn3)n2)cc1. The monoisotopic (exact) mass is 380 g/mol. The van der Waals surface area contributed by atoms with E-state index in [1.165, 1.54) is 0 Å². The van der Waals surface area contributed by atoms with E-state index < -0.39 is 0 Å². The van der Waals surface area contributed by atoms with E-state index in [2.05, 4.69) is 32.9 Å². The molecule has 1 aromatic carbocycles. The summed E-state index contributed by atoms with van der Waals surface area (Å²) >= 11 is 1.60. The molecule has 140 valence electrons. The number of benzene rings is 1. The first-order valence-electron chi connectivity index (χ1n) is 9.20. The van der Waals surface area contributed by atoms with E-state index in [9.17, 15) is 4.79 Å². The topological polar surface area (TPSA) is 66.9 Å². The van der Waals surface area contributed by atoms with Crippen LogP contribution in [0.15, 0.2) is 54.0 Å². The quantitative estimate of drug-likeness (QED) is 0.550. The summed E-state index contributed by atoms with van der Waals surface area (Å²) in [6, 6.07) is 13.6. The first kappa shape index (κ1) is 19.2. The maximum absolute atomic E-state index is 12.0. The Labute approximate surface area is 163 Å². The Bertz CT molecular complexity index is 846. The number of unbranched alkanes of at least 4 members (excludes halogenated alkanes) is 1. The van der Waals surface area contributed by atoms with E-state index in [4.69, 9.17) is 0 Å². The van der Waals surface area contributed by atoms with Gasteiger partial charge in [-0.2, -0.15) is 0 Å². The second-order valence-corrected chi connectivity index (χ2v) is 7.13. The van der Waals surface area contributed by atoms with E-state index in [0.29, 0.717) is 12.1 Å². The molecular formula is C21H24N4OS. The molecular weight excluding hydrogens is 356 g/mol. The highest BCUT2D eigenvalue weighted by molar-refractivity contribution is 7.13. The number of carbonyl (C=O) groups is 1. The molecule has 0 radical (unpaired) electrons. The van der Waals surface area contributed by atoms with Gasteiger partial charge in [-0.05, 0) is 36.2 Å². The fourth-order valence-corrected chi connectivity index (χ4v) is 3.38. The van der Waals surface area contributed by atoms with Gasteiger partial charge in [0.1, 0.15) is 5.01 Å². The number of rotatable bonds is 9. The number of hydrogen-bond donors (Lipinski definition) is 2. The second-order valence-electron chi connectivity index (χ2n) is 6.27. The van der Waals surface area contributed by atoms with Crippen LogP contribution in [-0.4, -0.2) is 22.4 Å². The van der Waals surface area contributed by atoms with Crippen LogP contribution < -0.4 is 10.6 Å². The molecule has 2 N–H and O–H groups in total. The molecule has 0 saturated carbocycles. The minimum atomic E-state index is -0.00696. The maximum atomic E-state index is 12.0. The average molecular weight is 381 g/mol. The number of aromatic nitrogens is 2. The number of hydrogen-bond acceptors (Lipinski definition) is 5. The third-order valence-electron chi connectivity index (χ3n) is 4.10. The van der Waals surface area contributed by atoms with Crippen molar-refractivity contribution < 1.29 is 4.79 Å². The summed E-state index contributed by atoms with van der Waals surface area (Å²) in [7, 11) is 0. The molecule has 2 heterocycles. The fraction of sp³-hybridized carbons (Fsp3) is 0.286. The van der Waals surface area contributed by atoms with Crippen molar-refractivity contribution in [3.05, 3.63) is 70.9 Å². The Kier molecular flexibility index (Phi) is 7.07. The zero-order valence-corrected chi connectivity index (χ0v) is 16.3. The van der Waals surface area contributed by atoms with Crippen LogP contribution in [0.3, 0.4) is 0 Å². The molecule has 3 aromatic rings. The lowest BCUT2D eigenvalue weighted by Gasteiger charge is -2.06. The molecule has 0 unspecified atom stereocenters. The van der Waals surface area contributed by atoms with Crippen molar-refractivity contribution in [3.8, 4) is 10.7 Å². The smallest absolute Gasteiger partial charge is 0.251 e. The van der Waals surface area contributed by atoms with Gasteiger partial charge in [0.05, 0.1) is 11.4 Å². The zero-order valence-electron chi connectivity index (χ0n) is 15.4. The van der Waals surface area contributed by atoms with Crippen molar-refractivity contribution in [1.29, 1.82) is 0 Å². The van der Waals surface area contributed by atoms with Crippen molar-refractivity contribution >= 4 is 17.2 Å². The predicted octanol–water partition coefficient (Wildman–Crippen LogP) is 4.02. The van der Waals surface area contributed by atoms with Crippen LogP contribution in [0.25, 0.3) is 10.7 Å². The van der Waals surface area contributed by atoms with Gasteiger partial charge >= 0.3 is 0 Å². The van der Waals surface area contributed by atoms with Crippen molar-refractivity contribution in [1.82, 2.24) is 20.6 Å². The summed E-state index contributed by atoms with van der Waals surface area (Å²) in [6.07, 6.45) is 3.86. The van der Waals surface area contributed by atoms with Gasteiger partial charge in [-0.1, -0.05) is 31.5 Å². The Hall–Kier alpha value is -2.57. The number of pyridine rings is 1. The summed E-state index contributed by atoms with van der Waals surface area (Å²) in [5.41, 5.74) is 3.75. The summed E-state index contributed by atoms with van der Waals surface area (Å²) in [4.78, 5) is 21.0. The summed E-state index contributed by atoms with van der Waals surface area (Å²) < 4.78 is 0. The third-order valence-corrected chi connectivity index (χ3v) is 5.02. The van der Waals surface area contributed by atoms with Gasteiger partial charge in [-0.25, -0.2) is 4.98 Å². The number of thiazole rings is 1. The second kappa shape index (κ2) is 9.94. The van der Waals surface area contributed by atoms with Crippen LogP contribution in [0, 0.1) is 0 Å². The molecule has 0 saturated heterocycles. The zero-order chi connectivity index (χ0) is 18.9. The number of nitrogens with one attached hydrogen (secondary N) is 2. The minimum Gasteiger partial charge on any atom is -0.352 e. The van der Waals surface area contributed by atoms with Gasteiger partial charge < -0.3 is 10.6 Å². The Morgan fingerprint density at radius 1 is 1.11 bits per heavy atom. The maximum Gasteiger partial charge on any atom is 0.251 e. The van der Waals surface area contributed by atoms with Crippen molar-refractivity contribution in [3.63, 3.8) is 0 Å². The standard InChI is InChI=1S/C21H24N4OS/c1-2-3-11-24-20(26)17-9-7-16(8-10-17)13-22-14-18-15-27-21(25-18)19-6-4-5-12-23-19/h4-10,12,15,22H,2-3,11,13-14H2,1H3,(H,24,26). The third kappa shape index (κ3) is 5.70. The summed E-state index contributed by atoms with van der Waals surface area (Å²) in [6.45, 7) is 4.27. The Morgan fingerprint density at radius 3 is 2.70 bits per heavy atom. The lowest BCUT2D eigenvalue weighted by atomic mass is 10.1. The largest absolute Gasteiger partial charge is 0.352 e. The van der Waals surface area contributed by atoms with Gasteiger partial charge in [-0.3, -0.25) is 9.78 Å². The fourth-order valence-electron chi connectivity index (χ4n) is 2.58. The lowest BCUT2D eigenvalue weighted by Crippen LogP contribution is -2.24. The summed E-state index contributed by atoms with van der Waals surface area (Å²) in [5, 5.41) is 9.32. The van der Waals surface area contributed by atoms with Crippen LogP contribution in [0.5, 0.6) is 0 Å². The molecule has 2 aromatic heterocycles. The lowest BCUT2D eigenvalue weighted by molar-refractivity contribution is 0.0953. The molecule has 0 atom stereocenters. The Morgan fingerprint density at radius 2 is 1.96 bits per heavy atom. The van der Waals surface area contributed by atoms with Gasteiger partial charge in [0, 0.05) is 36.8 Å². The molecule has 6 heteroatoms. The van der Waals surface area contributed by atoms with Gasteiger partial charge in [-0.15, -0.1) is 11.3 Å². The van der Waals surface area contributed by atoms with Crippen LogP contribution in [0.1, 0.15) is 41.4 Å². The normalized spacial score (nSPS) is 10.7. The van der Waals surface area contributed by atoms with E-state index in [1.54, 1.807) is 17.5 Å². The van der Waals surface area contributed by atoms with Crippen LogP contribution in [0.2, 0.25) is 0 Å². The molecule has 0 fully saturated rings. The highest BCUT2D eigenvalue weighted by Crippen LogP contribution is 2.21. The van der Waals surface area contributed by atoms with Crippen LogP contribution in [-0.2, 0) is 13.1 Å². The number of carbonyl (C=O) groups excluding carboxylic acids is 1. The molecule has 3 rings (SSSR count). The molecule has 0 spiro atoms. The molecule has 0 aliphatic carbocycles. The van der Waals surface area contributed by atoms with E-state index in [1.807, 2.05) is 42.5 Å². The van der Waals surface area contributed by atoms with E-state index in [-0.39, 0.29) is 5.91 Å². The first-order chi connectivity index (χ1) is 13.3. The molecule has 1 amide bonds. The molecule has 5 nitrogen and oxygen atoms in total. The Balaban J connectivity index is 1.47.